The first kappa shape index (κ1) is 16.2. The van der Waals surface area contributed by atoms with Gasteiger partial charge in [-0.2, -0.15) is 0 Å². The fraction of sp³-hybridized carbons (Fsp3) is 0.263. The van der Waals surface area contributed by atoms with Crippen LogP contribution in [0.3, 0.4) is 0 Å². The minimum absolute atomic E-state index is 0.0219. The molecular weight excluding hydrogens is 302 g/mol. The van der Waals surface area contributed by atoms with Crippen molar-refractivity contribution in [1.82, 2.24) is 4.90 Å². The summed E-state index contributed by atoms with van der Waals surface area (Å²) in [7, 11) is 1.51. The predicted octanol–water partition coefficient (Wildman–Crippen LogP) is 2.53. The molecule has 0 radical (unpaired) electrons. The van der Waals surface area contributed by atoms with Crippen molar-refractivity contribution in [2.45, 2.75) is 12.5 Å². The van der Waals surface area contributed by atoms with E-state index in [1.165, 1.54) is 7.11 Å². The number of carbonyl (C=O) groups is 1. The third kappa shape index (κ3) is 3.31. The molecule has 1 heterocycles. The van der Waals surface area contributed by atoms with Gasteiger partial charge >= 0.3 is 0 Å². The first-order valence-corrected chi connectivity index (χ1v) is 7.98. The molecule has 0 spiro atoms. The van der Waals surface area contributed by atoms with Crippen LogP contribution in [0.15, 0.2) is 59.8 Å². The van der Waals surface area contributed by atoms with E-state index in [9.17, 15) is 4.79 Å². The largest absolute Gasteiger partial charge is 0.399 e. The fourth-order valence-corrected chi connectivity index (χ4v) is 3.02. The molecule has 1 fully saturated rings. The highest BCUT2D eigenvalue weighted by Gasteiger charge is 2.32. The van der Waals surface area contributed by atoms with E-state index < -0.39 is 0 Å². The fourth-order valence-electron chi connectivity index (χ4n) is 3.02. The molecule has 2 N–H and O–H groups in total. The van der Waals surface area contributed by atoms with Gasteiger partial charge in [0.25, 0.3) is 5.91 Å². The number of likely N-dealkylation sites (tertiary alicyclic amines) is 1. The summed E-state index contributed by atoms with van der Waals surface area (Å²) in [6.07, 6.45) is 0.665. The lowest BCUT2D eigenvalue weighted by atomic mass is 10.0. The first-order chi connectivity index (χ1) is 11.7. The van der Waals surface area contributed by atoms with Crippen molar-refractivity contribution in [3.05, 3.63) is 60.2 Å². The average Bonchev–Trinajstić information content (AvgIpc) is 3.05. The minimum Gasteiger partial charge on any atom is -0.399 e. The molecule has 1 aliphatic rings. The molecule has 3 rings (SSSR count). The Labute approximate surface area is 141 Å². The summed E-state index contributed by atoms with van der Waals surface area (Å²) in [6.45, 7) is 0.881. The highest BCUT2D eigenvalue weighted by molar-refractivity contribution is 6.00. The molecule has 1 atom stereocenters. The molecule has 1 saturated heterocycles. The lowest BCUT2D eigenvalue weighted by molar-refractivity contribution is 0.0745. The van der Waals surface area contributed by atoms with Crippen LogP contribution in [0.2, 0.25) is 0 Å². The highest BCUT2D eigenvalue weighted by Crippen LogP contribution is 2.22. The number of hydrogen-bond donors (Lipinski definition) is 1. The average molecular weight is 323 g/mol. The van der Waals surface area contributed by atoms with Crippen LogP contribution in [0.4, 0.5) is 0 Å². The van der Waals surface area contributed by atoms with Crippen LogP contribution in [0, 0.1) is 0 Å². The number of rotatable bonds is 4. The van der Waals surface area contributed by atoms with Gasteiger partial charge in [-0.3, -0.25) is 4.79 Å². The van der Waals surface area contributed by atoms with Crippen LogP contribution in [0.25, 0.3) is 11.1 Å². The van der Waals surface area contributed by atoms with Crippen molar-refractivity contribution in [3.63, 3.8) is 0 Å². The summed E-state index contributed by atoms with van der Waals surface area (Å²) < 4.78 is 0. The zero-order valence-corrected chi connectivity index (χ0v) is 13.7. The normalized spacial score (nSPS) is 18.8. The number of hydrogen-bond acceptors (Lipinski definition) is 4. The Kier molecular flexibility index (Phi) is 4.91. The molecule has 5 nitrogen and oxygen atoms in total. The van der Waals surface area contributed by atoms with E-state index in [1.54, 1.807) is 4.90 Å². The second kappa shape index (κ2) is 7.27. The summed E-state index contributed by atoms with van der Waals surface area (Å²) >= 11 is 0. The van der Waals surface area contributed by atoms with Gasteiger partial charge in [0.05, 0.1) is 18.3 Å². The van der Waals surface area contributed by atoms with Crippen molar-refractivity contribution in [2.24, 2.45) is 10.9 Å². The number of nitrogens with zero attached hydrogens (tertiary/aromatic N) is 2. The van der Waals surface area contributed by atoms with Gasteiger partial charge in [0.2, 0.25) is 0 Å². The van der Waals surface area contributed by atoms with Gasteiger partial charge in [0.1, 0.15) is 7.11 Å². The van der Waals surface area contributed by atoms with E-state index in [0.29, 0.717) is 25.1 Å². The Morgan fingerprint density at radius 1 is 1.17 bits per heavy atom. The summed E-state index contributed by atoms with van der Waals surface area (Å²) in [4.78, 5) is 19.4. The topological polar surface area (TPSA) is 67.9 Å². The standard InChI is InChI=1S/C19H21N3O2/c1-24-21-17-11-18(12-20)22(13-17)19(23)16-9-7-15(8-10-16)14-5-3-2-4-6-14/h2-10,18H,11-13,20H2,1H3/b21-17+. The van der Waals surface area contributed by atoms with Crippen molar-refractivity contribution in [2.75, 3.05) is 20.2 Å². The predicted molar refractivity (Wildman–Crippen MR) is 94.8 cm³/mol. The summed E-state index contributed by atoms with van der Waals surface area (Å²) in [5.41, 5.74) is 9.54. The summed E-state index contributed by atoms with van der Waals surface area (Å²) in [5.74, 6) is -0.0219. The zero-order chi connectivity index (χ0) is 16.9. The SMILES string of the molecule is CO/N=C1\CC(CN)N(C(=O)c2ccc(-c3ccccc3)cc2)C1. The molecule has 124 valence electrons. The number of carbonyl (C=O) groups excluding carboxylic acids is 1. The monoisotopic (exact) mass is 323 g/mol. The van der Waals surface area contributed by atoms with E-state index >= 15 is 0 Å². The van der Waals surface area contributed by atoms with E-state index in [-0.39, 0.29) is 11.9 Å². The number of oxime groups is 1. The third-order valence-corrected chi connectivity index (χ3v) is 4.26. The maximum absolute atomic E-state index is 12.8. The van der Waals surface area contributed by atoms with Crippen molar-refractivity contribution in [3.8, 4) is 11.1 Å². The second-order valence-corrected chi connectivity index (χ2v) is 5.81. The number of nitrogens with two attached hydrogens (primary N) is 1. The molecule has 0 aliphatic carbocycles. The van der Waals surface area contributed by atoms with Crippen molar-refractivity contribution < 1.29 is 9.63 Å². The van der Waals surface area contributed by atoms with Crippen LogP contribution in [-0.4, -0.2) is 42.8 Å². The Hall–Kier alpha value is -2.66. The van der Waals surface area contributed by atoms with Crippen LogP contribution in [0.1, 0.15) is 16.8 Å². The first-order valence-electron chi connectivity index (χ1n) is 7.98. The van der Waals surface area contributed by atoms with Crippen LogP contribution in [-0.2, 0) is 4.84 Å². The lowest BCUT2D eigenvalue weighted by Gasteiger charge is -2.22. The number of benzene rings is 2. The van der Waals surface area contributed by atoms with Gasteiger partial charge in [-0.25, -0.2) is 0 Å². The van der Waals surface area contributed by atoms with Gasteiger partial charge < -0.3 is 15.5 Å². The van der Waals surface area contributed by atoms with Gasteiger partial charge in [-0.1, -0.05) is 47.6 Å². The molecule has 2 aromatic carbocycles. The van der Waals surface area contributed by atoms with E-state index in [4.69, 9.17) is 10.6 Å². The van der Waals surface area contributed by atoms with Crippen LogP contribution < -0.4 is 5.73 Å². The van der Waals surface area contributed by atoms with E-state index in [1.807, 2.05) is 42.5 Å². The van der Waals surface area contributed by atoms with Crippen LogP contribution in [0.5, 0.6) is 0 Å². The quantitative estimate of drug-likeness (QED) is 0.879. The van der Waals surface area contributed by atoms with Crippen LogP contribution >= 0.6 is 0 Å². The maximum Gasteiger partial charge on any atom is 0.254 e. The molecule has 0 bridgehead atoms. The Morgan fingerprint density at radius 3 is 2.46 bits per heavy atom. The second-order valence-electron chi connectivity index (χ2n) is 5.81. The Morgan fingerprint density at radius 2 is 1.83 bits per heavy atom. The summed E-state index contributed by atoms with van der Waals surface area (Å²) in [6, 6.07) is 17.7. The smallest absolute Gasteiger partial charge is 0.254 e. The molecule has 0 aromatic heterocycles. The molecule has 2 aromatic rings. The minimum atomic E-state index is -0.0276. The molecule has 5 heteroatoms. The van der Waals surface area contributed by atoms with Crippen molar-refractivity contribution in [1.29, 1.82) is 0 Å². The molecule has 0 saturated carbocycles. The molecule has 1 unspecified atom stereocenters. The number of amides is 1. The van der Waals surface area contributed by atoms with E-state index in [2.05, 4.69) is 17.3 Å². The van der Waals surface area contributed by atoms with Gasteiger partial charge in [-0.05, 0) is 23.3 Å². The Bertz CT molecular complexity index is 726. The molecular formula is C19H21N3O2. The molecule has 1 aliphatic heterocycles. The van der Waals surface area contributed by atoms with Gasteiger partial charge in [0, 0.05) is 18.5 Å². The highest BCUT2D eigenvalue weighted by atomic mass is 16.6. The Balaban J connectivity index is 1.79. The lowest BCUT2D eigenvalue weighted by Crippen LogP contribution is -2.40. The maximum atomic E-state index is 12.8. The van der Waals surface area contributed by atoms with E-state index in [0.717, 1.165) is 16.8 Å². The van der Waals surface area contributed by atoms with Crippen molar-refractivity contribution >= 4 is 11.6 Å². The third-order valence-electron chi connectivity index (χ3n) is 4.26. The zero-order valence-electron chi connectivity index (χ0n) is 13.7. The van der Waals surface area contributed by atoms with Gasteiger partial charge in [-0.15, -0.1) is 0 Å². The summed E-state index contributed by atoms with van der Waals surface area (Å²) in [5, 5.41) is 3.97. The molecule has 24 heavy (non-hydrogen) atoms. The van der Waals surface area contributed by atoms with Gasteiger partial charge in [0.15, 0.2) is 0 Å². The molecule has 1 amide bonds.